The minimum atomic E-state index is -4.89. The molecule has 0 bridgehead atoms. The second-order valence-corrected chi connectivity index (χ2v) is 10.3. The fourth-order valence-corrected chi connectivity index (χ4v) is 5.54. The minimum absolute atomic E-state index is 0.0386. The molecule has 1 saturated heterocycles. The SMILES string of the molecule is N#Cc1cnc(N2CCN(C(=O)c3cccc(OC[C@@H]4c5ccccc5CN4c4cn[nH]c(=O)c4C(F)(F)F)c3)CC2)cn1. The van der Waals surface area contributed by atoms with Gasteiger partial charge in [-0.05, 0) is 29.3 Å². The van der Waals surface area contributed by atoms with Crippen LogP contribution in [0.4, 0.5) is 24.7 Å². The Kier molecular flexibility index (Phi) is 7.60. The van der Waals surface area contributed by atoms with Crippen LogP contribution < -0.4 is 20.1 Å². The topological polar surface area (TPSA) is 131 Å². The minimum Gasteiger partial charge on any atom is -0.491 e. The van der Waals surface area contributed by atoms with Crippen molar-refractivity contribution in [1.82, 2.24) is 25.1 Å². The standard InChI is InChI=1S/C30H25F3N8O3/c31-30(32,33)27-24(15-37-38-28(27)42)41-17-20-4-1-2-7-23(20)25(41)18-44-22-6-3-5-19(12-22)29(43)40-10-8-39(9-11-40)26-16-35-21(13-34)14-36-26/h1-7,12,14-16,25H,8-11,17-18H2,(H,38,42)/t25-/m1/s1. The van der Waals surface area contributed by atoms with Gasteiger partial charge in [-0.1, -0.05) is 30.3 Å². The Hall–Kier alpha value is -5.45. The molecule has 44 heavy (non-hydrogen) atoms. The normalized spacial score (nSPS) is 16.4. The summed E-state index contributed by atoms with van der Waals surface area (Å²) in [6.45, 7) is 2.07. The van der Waals surface area contributed by atoms with Crippen molar-refractivity contribution < 1.29 is 22.7 Å². The highest BCUT2D eigenvalue weighted by Crippen LogP contribution is 2.42. The first-order valence-corrected chi connectivity index (χ1v) is 13.7. The molecule has 1 N–H and O–H groups in total. The second-order valence-electron chi connectivity index (χ2n) is 10.3. The summed E-state index contributed by atoms with van der Waals surface area (Å²) in [6, 6.07) is 15.2. The molecule has 0 spiro atoms. The number of anilines is 2. The molecule has 0 saturated carbocycles. The average molecular weight is 603 g/mol. The van der Waals surface area contributed by atoms with Crippen molar-refractivity contribution in [2.45, 2.75) is 18.8 Å². The van der Waals surface area contributed by atoms with E-state index in [1.165, 1.54) is 17.3 Å². The van der Waals surface area contributed by atoms with E-state index < -0.39 is 23.3 Å². The number of aromatic nitrogens is 4. The van der Waals surface area contributed by atoms with Crippen LogP contribution in [-0.2, 0) is 12.7 Å². The maximum Gasteiger partial charge on any atom is 0.423 e. The molecule has 6 rings (SSSR count). The summed E-state index contributed by atoms with van der Waals surface area (Å²) < 4.78 is 47.8. The number of H-pyrrole nitrogens is 1. The van der Waals surface area contributed by atoms with Gasteiger partial charge in [0.15, 0.2) is 5.69 Å². The van der Waals surface area contributed by atoms with Gasteiger partial charge < -0.3 is 19.4 Å². The van der Waals surface area contributed by atoms with E-state index in [4.69, 9.17) is 10.00 Å². The van der Waals surface area contributed by atoms with Crippen LogP contribution in [-0.4, -0.2) is 63.8 Å². The molecule has 1 atom stereocenters. The summed E-state index contributed by atoms with van der Waals surface area (Å²) in [6.07, 6.45) is -0.928. The number of halogens is 3. The van der Waals surface area contributed by atoms with E-state index in [2.05, 4.69) is 15.1 Å². The lowest BCUT2D eigenvalue weighted by molar-refractivity contribution is -0.138. The van der Waals surface area contributed by atoms with Gasteiger partial charge in [0.1, 0.15) is 29.8 Å². The number of hydrogen-bond donors (Lipinski definition) is 1. The highest BCUT2D eigenvalue weighted by atomic mass is 19.4. The zero-order valence-electron chi connectivity index (χ0n) is 23.2. The number of nitriles is 1. The molecular formula is C30H25F3N8O3. The van der Waals surface area contributed by atoms with E-state index in [1.807, 2.05) is 28.2 Å². The molecule has 1 amide bonds. The number of carbonyl (C=O) groups is 1. The number of piperazine rings is 1. The van der Waals surface area contributed by atoms with Crippen LogP contribution in [0, 0.1) is 11.3 Å². The first kappa shape index (κ1) is 28.7. The summed E-state index contributed by atoms with van der Waals surface area (Å²) in [7, 11) is 0. The highest BCUT2D eigenvalue weighted by molar-refractivity contribution is 5.94. The number of aromatic amines is 1. The van der Waals surface area contributed by atoms with Crippen LogP contribution in [0.1, 0.15) is 38.8 Å². The summed E-state index contributed by atoms with van der Waals surface area (Å²) in [5, 5.41) is 14.4. The number of nitrogens with zero attached hydrogens (tertiary/aromatic N) is 7. The number of benzene rings is 2. The van der Waals surface area contributed by atoms with Crippen molar-refractivity contribution in [3.8, 4) is 11.8 Å². The van der Waals surface area contributed by atoms with E-state index >= 15 is 0 Å². The van der Waals surface area contributed by atoms with Crippen molar-refractivity contribution in [3.63, 3.8) is 0 Å². The molecule has 2 aromatic carbocycles. The molecule has 11 nitrogen and oxygen atoms in total. The third-order valence-electron chi connectivity index (χ3n) is 7.69. The maximum absolute atomic E-state index is 13.9. The maximum atomic E-state index is 13.9. The second kappa shape index (κ2) is 11.7. The fraction of sp³-hybridized carbons (Fsp3) is 0.267. The third-order valence-corrected chi connectivity index (χ3v) is 7.69. The van der Waals surface area contributed by atoms with Crippen molar-refractivity contribution >= 4 is 17.4 Å². The lowest BCUT2D eigenvalue weighted by atomic mass is 10.1. The molecule has 2 aliphatic heterocycles. The molecule has 2 aliphatic rings. The number of nitrogens with one attached hydrogen (secondary N) is 1. The molecule has 0 unspecified atom stereocenters. The molecule has 1 fully saturated rings. The summed E-state index contributed by atoms with van der Waals surface area (Å²) in [5.41, 5.74) is -0.737. The number of carbonyl (C=O) groups excluding carboxylic acids is 1. The van der Waals surface area contributed by atoms with Gasteiger partial charge in [-0.2, -0.15) is 23.5 Å². The summed E-state index contributed by atoms with van der Waals surface area (Å²) in [5.74, 6) is 0.831. The Labute approximate surface area is 249 Å². The van der Waals surface area contributed by atoms with E-state index in [9.17, 15) is 22.8 Å². The molecule has 2 aromatic heterocycles. The van der Waals surface area contributed by atoms with E-state index in [-0.39, 0.29) is 30.4 Å². The highest BCUT2D eigenvalue weighted by Gasteiger charge is 2.42. The van der Waals surface area contributed by atoms with Crippen molar-refractivity contribution in [2.75, 3.05) is 42.6 Å². The van der Waals surface area contributed by atoms with Gasteiger partial charge in [0, 0.05) is 38.3 Å². The van der Waals surface area contributed by atoms with Crippen molar-refractivity contribution in [3.05, 3.63) is 105 Å². The van der Waals surface area contributed by atoms with Crippen LogP contribution in [0.25, 0.3) is 0 Å². The predicted molar refractivity (Wildman–Crippen MR) is 152 cm³/mol. The zero-order valence-corrected chi connectivity index (χ0v) is 23.2. The van der Waals surface area contributed by atoms with Gasteiger partial charge in [0.2, 0.25) is 0 Å². The lowest BCUT2D eigenvalue weighted by Gasteiger charge is -2.35. The van der Waals surface area contributed by atoms with Gasteiger partial charge in [-0.15, -0.1) is 0 Å². The van der Waals surface area contributed by atoms with Crippen LogP contribution >= 0.6 is 0 Å². The molecule has 4 heterocycles. The Morgan fingerprint density at radius 3 is 2.57 bits per heavy atom. The lowest BCUT2D eigenvalue weighted by Crippen LogP contribution is -2.49. The van der Waals surface area contributed by atoms with E-state index in [0.717, 1.165) is 17.3 Å². The Balaban J connectivity index is 1.16. The fourth-order valence-electron chi connectivity index (χ4n) is 5.54. The first-order valence-electron chi connectivity index (χ1n) is 13.7. The van der Waals surface area contributed by atoms with Gasteiger partial charge >= 0.3 is 6.18 Å². The Bertz CT molecular complexity index is 1780. The van der Waals surface area contributed by atoms with E-state index in [0.29, 0.717) is 43.3 Å². The van der Waals surface area contributed by atoms with Crippen LogP contribution in [0.3, 0.4) is 0 Å². The molecule has 224 valence electrons. The predicted octanol–water partition coefficient (Wildman–Crippen LogP) is 3.55. The first-order chi connectivity index (χ1) is 21.2. The Morgan fingerprint density at radius 1 is 1.05 bits per heavy atom. The van der Waals surface area contributed by atoms with E-state index in [1.54, 1.807) is 41.3 Å². The molecule has 14 heteroatoms. The molecule has 4 aromatic rings. The van der Waals surface area contributed by atoms with Crippen LogP contribution in [0.5, 0.6) is 5.75 Å². The number of ether oxygens (including phenoxy) is 1. The average Bonchev–Trinajstić information content (AvgIpc) is 3.41. The number of alkyl halides is 3. The van der Waals surface area contributed by atoms with Crippen LogP contribution in [0.15, 0.2) is 71.9 Å². The van der Waals surface area contributed by atoms with Gasteiger partial charge in [-0.3, -0.25) is 9.59 Å². The number of fused-ring (bicyclic) bond motifs is 1. The van der Waals surface area contributed by atoms with Crippen LogP contribution in [0.2, 0.25) is 0 Å². The number of hydrogen-bond acceptors (Lipinski definition) is 9. The van der Waals surface area contributed by atoms with Gasteiger partial charge in [0.05, 0.1) is 30.3 Å². The number of rotatable bonds is 6. The zero-order chi connectivity index (χ0) is 30.8. The molecule has 0 radical (unpaired) electrons. The quantitative estimate of drug-likeness (QED) is 0.352. The van der Waals surface area contributed by atoms with Gasteiger partial charge in [0.25, 0.3) is 11.5 Å². The van der Waals surface area contributed by atoms with Crippen molar-refractivity contribution in [1.29, 1.82) is 5.26 Å². The van der Waals surface area contributed by atoms with Gasteiger partial charge in [-0.25, -0.2) is 15.1 Å². The monoisotopic (exact) mass is 602 g/mol. The van der Waals surface area contributed by atoms with Crippen molar-refractivity contribution in [2.24, 2.45) is 0 Å². The largest absolute Gasteiger partial charge is 0.491 e. The smallest absolute Gasteiger partial charge is 0.423 e. The number of amides is 1. The molecular weight excluding hydrogens is 577 g/mol. The molecule has 0 aliphatic carbocycles. The Morgan fingerprint density at radius 2 is 1.84 bits per heavy atom. The summed E-state index contributed by atoms with van der Waals surface area (Å²) >= 11 is 0. The summed E-state index contributed by atoms with van der Waals surface area (Å²) in [4.78, 5) is 39.0. The third kappa shape index (κ3) is 5.63.